The molecule has 0 radical (unpaired) electrons. The highest BCUT2D eigenvalue weighted by molar-refractivity contribution is 5.81. The molecule has 0 rings (SSSR count). The summed E-state index contributed by atoms with van der Waals surface area (Å²) in [4.78, 5) is 11.7. The van der Waals surface area contributed by atoms with Crippen LogP contribution in [0.5, 0.6) is 0 Å². The zero-order valence-electron chi connectivity index (χ0n) is 10.6. The van der Waals surface area contributed by atoms with Crippen LogP contribution >= 0.6 is 0 Å². The molecular formula is C11H24N2O4. The van der Waals surface area contributed by atoms with Crippen molar-refractivity contribution >= 4 is 5.91 Å². The average molecular weight is 248 g/mol. The van der Waals surface area contributed by atoms with Crippen LogP contribution in [0.1, 0.15) is 19.3 Å². The van der Waals surface area contributed by atoms with Crippen LogP contribution in [0, 0.1) is 0 Å². The quantitative estimate of drug-likeness (QED) is 0.442. The van der Waals surface area contributed by atoms with E-state index in [2.05, 4.69) is 5.32 Å². The number of amides is 1. The van der Waals surface area contributed by atoms with E-state index in [1.807, 2.05) is 0 Å². The van der Waals surface area contributed by atoms with E-state index < -0.39 is 6.04 Å². The smallest absolute Gasteiger partial charge is 0.237 e. The predicted octanol–water partition coefficient (Wildman–Crippen LogP) is -0.746. The molecule has 0 saturated heterocycles. The second-order valence-corrected chi connectivity index (χ2v) is 3.91. The SMILES string of the molecule is COCCCC(N)C(=O)NC(CCO)COC. The van der Waals surface area contributed by atoms with Crippen molar-refractivity contribution in [3.05, 3.63) is 0 Å². The van der Waals surface area contributed by atoms with E-state index in [9.17, 15) is 4.79 Å². The number of carbonyl (C=O) groups excluding carboxylic acids is 1. The highest BCUT2D eigenvalue weighted by atomic mass is 16.5. The predicted molar refractivity (Wildman–Crippen MR) is 64.6 cm³/mol. The second kappa shape index (κ2) is 10.5. The Morgan fingerprint density at radius 3 is 2.59 bits per heavy atom. The second-order valence-electron chi connectivity index (χ2n) is 3.91. The summed E-state index contributed by atoms with van der Waals surface area (Å²) in [7, 11) is 3.16. The van der Waals surface area contributed by atoms with Crippen molar-refractivity contribution in [2.45, 2.75) is 31.3 Å². The summed E-state index contributed by atoms with van der Waals surface area (Å²) in [5.74, 6) is -0.211. The van der Waals surface area contributed by atoms with E-state index in [4.69, 9.17) is 20.3 Å². The molecule has 6 heteroatoms. The van der Waals surface area contributed by atoms with Crippen molar-refractivity contribution in [1.82, 2.24) is 5.32 Å². The van der Waals surface area contributed by atoms with Crippen LogP contribution in [-0.2, 0) is 14.3 Å². The van der Waals surface area contributed by atoms with Gasteiger partial charge in [-0.3, -0.25) is 4.79 Å². The van der Waals surface area contributed by atoms with Crippen molar-refractivity contribution in [2.75, 3.05) is 34.0 Å². The van der Waals surface area contributed by atoms with Crippen molar-refractivity contribution in [3.63, 3.8) is 0 Å². The fraction of sp³-hybridized carbons (Fsp3) is 0.909. The maximum Gasteiger partial charge on any atom is 0.237 e. The Balaban J connectivity index is 3.92. The average Bonchev–Trinajstić information content (AvgIpc) is 2.29. The fourth-order valence-electron chi connectivity index (χ4n) is 1.44. The minimum absolute atomic E-state index is 0.00716. The van der Waals surface area contributed by atoms with Crippen LogP contribution in [0.15, 0.2) is 0 Å². The highest BCUT2D eigenvalue weighted by Crippen LogP contribution is 1.98. The lowest BCUT2D eigenvalue weighted by atomic mass is 10.1. The van der Waals surface area contributed by atoms with Gasteiger partial charge in [0.25, 0.3) is 0 Å². The van der Waals surface area contributed by atoms with E-state index in [1.165, 1.54) is 0 Å². The number of methoxy groups -OCH3 is 2. The Bertz CT molecular complexity index is 196. The number of nitrogens with one attached hydrogen (secondary N) is 1. The minimum Gasteiger partial charge on any atom is -0.396 e. The Kier molecular flexibility index (Phi) is 10.0. The number of rotatable bonds is 10. The molecule has 17 heavy (non-hydrogen) atoms. The van der Waals surface area contributed by atoms with Gasteiger partial charge in [0.2, 0.25) is 5.91 Å². The third-order valence-electron chi connectivity index (χ3n) is 2.39. The molecule has 0 saturated carbocycles. The molecule has 0 heterocycles. The van der Waals surface area contributed by atoms with E-state index in [0.717, 1.165) is 6.42 Å². The van der Waals surface area contributed by atoms with Gasteiger partial charge in [0, 0.05) is 27.4 Å². The van der Waals surface area contributed by atoms with Crippen LogP contribution in [0.25, 0.3) is 0 Å². The molecule has 0 aromatic heterocycles. The van der Waals surface area contributed by atoms with Gasteiger partial charge in [-0.15, -0.1) is 0 Å². The number of hydrogen-bond donors (Lipinski definition) is 3. The summed E-state index contributed by atoms with van der Waals surface area (Å²) in [6.07, 6.45) is 1.79. The maximum atomic E-state index is 11.7. The Hall–Kier alpha value is -0.690. The number of nitrogens with two attached hydrogens (primary N) is 1. The zero-order chi connectivity index (χ0) is 13.1. The van der Waals surface area contributed by atoms with Gasteiger partial charge in [-0.05, 0) is 19.3 Å². The zero-order valence-corrected chi connectivity index (χ0v) is 10.6. The summed E-state index contributed by atoms with van der Waals surface area (Å²) >= 11 is 0. The lowest BCUT2D eigenvalue weighted by molar-refractivity contribution is -0.123. The number of ether oxygens (including phenoxy) is 2. The summed E-state index contributed by atoms with van der Waals surface area (Å²) in [5.41, 5.74) is 5.73. The molecule has 0 aliphatic carbocycles. The largest absolute Gasteiger partial charge is 0.396 e. The molecule has 0 aromatic rings. The van der Waals surface area contributed by atoms with Gasteiger partial charge < -0.3 is 25.6 Å². The van der Waals surface area contributed by atoms with Crippen LogP contribution in [0.4, 0.5) is 0 Å². The first kappa shape index (κ1) is 16.3. The Morgan fingerprint density at radius 2 is 2.06 bits per heavy atom. The first-order chi connectivity index (χ1) is 8.15. The lowest BCUT2D eigenvalue weighted by Gasteiger charge is -2.19. The molecule has 2 atom stereocenters. The fourth-order valence-corrected chi connectivity index (χ4v) is 1.44. The molecule has 0 spiro atoms. The molecule has 0 aliphatic heterocycles. The Morgan fingerprint density at radius 1 is 1.35 bits per heavy atom. The van der Waals surface area contributed by atoms with Gasteiger partial charge in [0.1, 0.15) is 0 Å². The van der Waals surface area contributed by atoms with Crippen molar-refractivity contribution < 1.29 is 19.4 Å². The third-order valence-corrected chi connectivity index (χ3v) is 2.39. The van der Waals surface area contributed by atoms with Crippen LogP contribution in [0.3, 0.4) is 0 Å². The van der Waals surface area contributed by atoms with Crippen molar-refractivity contribution in [2.24, 2.45) is 5.73 Å². The van der Waals surface area contributed by atoms with Crippen LogP contribution in [0.2, 0.25) is 0 Å². The first-order valence-corrected chi connectivity index (χ1v) is 5.80. The molecule has 6 nitrogen and oxygen atoms in total. The standard InChI is InChI=1S/C11H24N2O4/c1-16-7-3-4-10(12)11(15)13-9(5-6-14)8-17-2/h9-10,14H,3-8,12H2,1-2H3,(H,13,15). The summed E-state index contributed by atoms with van der Waals surface area (Å²) in [6.45, 7) is 0.976. The maximum absolute atomic E-state index is 11.7. The molecule has 2 unspecified atom stereocenters. The van der Waals surface area contributed by atoms with E-state index in [-0.39, 0.29) is 18.6 Å². The normalized spacial score (nSPS) is 14.4. The van der Waals surface area contributed by atoms with E-state index in [0.29, 0.717) is 26.1 Å². The number of aliphatic hydroxyl groups excluding tert-OH is 1. The minimum atomic E-state index is -0.539. The first-order valence-electron chi connectivity index (χ1n) is 5.80. The summed E-state index contributed by atoms with van der Waals surface area (Å²) in [6, 6.07) is -0.728. The van der Waals surface area contributed by atoms with Gasteiger partial charge in [-0.1, -0.05) is 0 Å². The molecule has 102 valence electrons. The number of hydrogen-bond acceptors (Lipinski definition) is 5. The summed E-state index contributed by atoms with van der Waals surface area (Å²) < 4.78 is 9.84. The molecule has 0 fully saturated rings. The summed E-state index contributed by atoms with van der Waals surface area (Å²) in [5, 5.41) is 11.6. The van der Waals surface area contributed by atoms with Crippen molar-refractivity contribution in [3.8, 4) is 0 Å². The van der Waals surface area contributed by atoms with E-state index >= 15 is 0 Å². The molecular weight excluding hydrogens is 224 g/mol. The molecule has 0 aliphatic rings. The number of carbonyl (C=O) groups is 1. The van der Waals surface area contributed by atoms with Gasteiger partial charge in [0.05, 0.1) is 18.7 Å². The molecule has 0 bridgehead atoms. The monoisotopic (exact) mass is 248 g/mol. The lowest BCUT2D eigenvalue weighted by Crippen LogP contribution is -2.47. The van der Waals surface area contributed by atoms with Crippen LogP contribution in [-0.4, -0.2) is 57.1 Å². The van der Waals surface area contributed by atoms with Gasteiger partial charge in [-0.25, -0.2) is 0 Å². The molecule has 1 amide bonds. The van der Waals surface area contributed by atoms with E-state index in [1.54, 1.807) is 14.2 Å². The van der Waals surface area contributed by atoms with Crippen LogP contribution < -0.4 is 11.1 Å². The highest BCUT2D eigenvalue weighted by Gasteiger charge is 2.17. The van der Waals surface area contributed by atoms with Gasteiger partial charge >= 0.3 is 0 Å². The van der Waals surface area contributed by atoms with Gasteiger partial charge in [0.15, 0.2) is 0 Å². The Labute approximate surface area is 102 Å². The van der Waals surface area contributed by atoms with Gasteiger partial charge in [-0.2, -0.15) is 0 Å². The molecule has 0 aromatic carbocycles. The number of aliphatic hydroxyl groups is 1. The molecule has 4 N–H and O–H groups in total. The van der Waals surface area contributed by atoms with Crippen molar-refractivity contribution in [1.29, 1.82) is 0 Å². The third kappa shape index (κ3) is 8.09. The topological polar surface area (TPSA) is 93.8 Å².